The minimum Gasteiger partial charge on any atom is -0.370 e. The van der Waals surface area contributed by atoms with Gasteiger partial charge in [-0.2, -0.15) is 0 Å². The van der Waals surface area contributed by atoms with Gasteiger partial charge in [-0.3, -0.25) is 0 Å². The average Bonchev–Trinajstić information content (AvgIpc) is 2.45. The third kappa shape index (κ3) is 4.14. The van der Waals surface area contributed by atoms with Crippen molar-refractivity contribution in [3.05, 3.63) is 53.1 Å². The zero-order chi connectivity index (χ0) is 13.5. The van der Waals surface area contributed by atoms with Crippen LogP contribution in [-0.2, 0) is 6.54 Å². The Morgan fingerprint density at radius 3 is 2.47 bits per heavy atom. The molecule has 0 bridgehead atoms. The van der Waals surface area contributed by atoms with Crippen molar-refractivity contribution in [3.63, 3.8) is 0 Å². The smallest absolute Gasteiger partial charge is 0.128 e. The largest absolute Gasteiger partial charge is 0.370 e. The molecule has 0 saturated heterocycles. The molecule has 2 N–H and O–H groups in total. The second kappa shape index (κ2) is 7.00. The molecular weight excluding hydrogens is 258 g/mol. The molecule has 0 atom stereocenters. The van der Waals surface area contributed by atoms with E-state index < -0.39 is 0 Å². The first-order valence-electron chi connectivity index (χ1n) is 6.48. The maximum Gasteiger partial charge on any atom is 0.128 e. The van der Waals surface area contributed by atoms with E-state index in [-0.39, 0.29) is 0 Å². The highest BCUT2D eigenvalue weighted by Gasteiger charge is 2.00. The molecular formula is C15H18ClN3. The summed E-state index contributed by atoms with van der Waals surface area (Å²) in [7, 11) is 0. The van der Waals surface area contributed by atoms with Gasteiger partial charge in [0.05, 0.1) is 0 Å². The molecule has 0 aliphatic heterocycles. The van der Waals surface area contributed by atoms with Crippen molar-refractivity contribution in [3.8, 4) is 0 Å². The minimum atomic E-state index is 0.671. The summed E-state index contributed by atoms with van der Waals surface area (Å²) in [4.78, 5) is 4.49. The van der Waals surface area contributed by atoms with Crippen molar-refractivity contribution in [2.75, 3.05) is 17.2 Å². The Morgan fingerprint density at radius 1 is 1.00 bits per heavy atom. The lowest BCUT2D eigenvalue weighted by atomic mass is 10.2. The molecule has 2 aromatic rings. The van der Waals surface area contributed by atoms with Crippen molar-refractivity contribution in [1.29, 1.82) is 0 Å². The number of anilines is 2. The van der Waals surface area contributed by atoms with Crippen molar-refractivity contribution in [2.24, 2.45) is 0 Å². The summed E-state index contributed by atoms with van der Waals surface area (Å²) in [6.07, 6.45) is 1.08. The molecule has 0 aliphatic carbocycles. The Balaban J connectivity index is 1.98. The van der Waals surface area contributed by atoms with Crippen LogP contribution in [0.25, 0.3) is 0 Å². The van der Waals surface area contributed by atoms with E-state index in [1.54, 1.807) is 0 Å². The Hall–Kier alpha value is -1.74. The van der Waals surface area contributed by atoms with E-state index in [0.29, 0.717) is 6.54 Å². The molecule has 1 aromatic carbocycles. The number of aromatic nitrogens is 1. The van der Waals surface area contributed by atoms with E-state index in [1.165, 1.54) is 0 Å². The molecule has 0 saturated carbocycles. The number of hydrogen-bond donors (Lipinski definition) is 2. The van der Waals surface area contributed by atoms with Gasteiger partial charge in [-0.1, -0.05) is 42.8 Å². The summed E-state index contributed by atoms with van der Waals surface area (Å²) in [5.41, 5.74) is 1.07. The van der Waals surface area contributed by atoms with Gasteiger partial charge in [-0.05, 0) is 30.2 Å². The van der Waals surface area contributed by atoms with Gasteiger partial charge in [0.1, 0.15) is 11.6 Å². The van der Waals surface area contributed by atoms with E-state index in [2.05, 4.69) is 22.5 Å². The second-order valence-electron chi connectivity index (χ2n) is 4.28. The SMILES string of the molecule is CCCNc1cccc(NCc2ccccc2Cl)n1. The lowest BCUT2D eigenvalue weighted by molar-refractivity contribution is 0.968. The van der Waals surface area contributed by atoms with E-state index >= 15 is 0 Å². The number of nitrogens with one attached hydrogen (secondary N) is 2. The van der Waals surface area contributed by atoms with E-state index in [0.717, 1.165) is 35.2 Å². The summed E-state index contributed by atoms with van der Waals surface area (Å²) in [6, 6.07) is 13.7. The molecule has 0 radical (unpaired) electrons. The molecule has 0 aliphatic rings. The van der Waals surface area contributed by atoms with Crippen LogP contribution in [0.2, 0.25) is 5.02 Å². The first kappa shape index (κ1) is 13.7. The van der Waals surface area contributed by atoms with Gasteiger partial charge in [0.15, 0.2) is 0 Å². The molecule has 19 heavy (non-hydrogen) atoms. The van der Waals surface area contributed by atoms with Gasteiger partial charge < -0.3 is 10.6 Å². The molecule has 1 aromatic heterocycles. The number of halogens is 1. The number of pyridine rings is 1. The predicted octanol–water partition coefficient (Wildman–Crippen LogP) is 4.17. The Kier molecular flexibility index (Phi) is 5.04. The van der Waals surface area contributed by atoms with Crippen LogP contribution in [0.5, 0.6) is 0 Å². The van der Waals surface area contributed by atoms with E-state index in [1.807, 2.05) is 42.5 Å². The van der Waals surface area contributed by atoms with Gasteiger partial charge in [0, 0.05) is 18.1 Å². The fourth-order valence-corrected chi connectivity index (χ4v) is 1.91. The van der Waals surface area contributed by atoms with Crippen LogP contribution in [0.1, 0.15) is 18.9 Å². The van der Waals surface area contributed by atoms with Gasteiger partial charge in [-0.25, -0.2) is 4.98 Å². The molecule has 3 nitrogen and oxygen atoms in total. The predicted molar refractivity (Wildman–Crippen MR) is 81.8 cm³/mol. The molecule has 1 heterocycles. The normalized spacial score (nSPS) is 10.2. The Bertz CT molecular complexity index is 528. The maximum atomic E-state index is 6.12. The van der Waals surface area contributed by atoms with Crippen LogP contribution in [-0.4, -0.2) is 11.5 Å². The maximum absolute atomic E-state index is 6.12. The number of benzene rings is 1. The summed E-state index contributed by atoms with van der Waals surface area (Å²) >= 11 is 6.12. The third-order valence-electron chi connectivity index (χ3n) is 2.72. The van der Waals surface area contributed by atoms with Gasteiger partial charge in [0.2, 0.25) is 0 Å². The number of nitrogens with zero attached hydrogens (tertiary/aromatic N) is 1. The van der Waals surface area contributed by atoms with Gasteiger partial charge in [0.25, 0.3) is 0 Å². The lowest BCUT2D eigenvalue weighted by Crippen LogP contribution is -2.05. The van der Waals surface area contributed by atoms with E-state index in [4.69, 9.17) is 11.6 Å². The van der Waals surface area contributed by atoms with Crippen LogP contribution >= 0.6 is 11.6 Å². The molecule has 0 spiro atoms. The summed E-state index contributed by atoms with van der Waals surface area (Å²) in [5, 5.41) is 7.32. The molecule has 0 unspecified atom stereocenters. The minimum absolute atomic E-state index is 0.671. The summed E-state index contributed by atoms with van der Waals surface area (Å²) < 4.78 is 0. The first-order valence-corrected chi connectivity index (χ1v) is 6.85. The van der Waals surface area contributed by atoms with Crippen LogP contribution in [0.3, 0.4) is 0 Å². The fraction of sp³-hybridized carbons (Fsp3) is 0.267. The third-order valence-corrected chi connectivity index (χ3v) is 3.09. The molecule has 100 valence electrons. The van der Waals surface area contributed by atoms with Gasteiger partial charge >= 0.3 is 0 Å². The van der Waals surface area contributed by atoms with E-state index in [9.17, 15) is 0 Å². The highest BCUT2D eigenvalue weighted by molar-refractivity contribution is 6.31. The standard InChI is InChI=1S/C15H18ClN3/c1-2-10-17-14-8-5-9-15(19-14)18-11-12-6-3-4-7-13(12)16/h3-9H,2,10-11H2,1H3,(H2,17,18,19). The average molecular weight is 276 g/mol. The van der Waals surface area contributed by atoms with Crippen LogP contribution in [0.4, 0.5) is 11.6 Å². The fourth-order valence-electron chi connectivity index (χ4n) is 1.71. The zero-order valence-electron chi connectivity index (χ0n) is 11.0. The van der Waals surface area contributed by atoms with Crippen LogP contribution in [0, 0.1) is 0 Å². The Morgan fingerprint density at radius 2 is 1.74 bits per heavy atom. The first-order chi connectivity index (χ1) is 9.29. The Labute approximate surface area is 119 Å². The molecule has 0 fully saturated rings. The van der Waals surface area contributed by atoms with Crippen LogP contribution < -0.4 is 10.6 Å². The number of hydrogen-bond acceptors (Lipinski definition) is 3. The van der Waals surface area contributed by atoms with Crippen molar-refractivity contribution >= 4 is 23.2 Å². The quantitative estimate of drug-likeness (QED) is 0.831. The summed E-state index contributed by atoms with van der Waals surface area (Å²) in [5.74, 6) is 1.74. The molecule has 0 amide bonds. The molecule has 4 heteroatoms. The second-order valence-corrected chi connectivity index (χ2v) is 4.69. The van der Waals surface area contributed by atoms with Crippen molar-refractivity contribution in [1.82, 2.24) is 4.98 Å². The van der Waals surface area contributed by atoms with Crippen molar-refractivity contribution in [2.45, 2.75) is 19.9 Å². The van der Waals surface area contributed by atoms with Crippen LogP contribution in [0.15, 0.2) is 42.5 Å². The van der Waals surface area contributed by atoms with Crippen molar-refractivity contribution < 1.29 is 0 Å². The monoisotopic (exact) mass is 275 g/mol. The summed E-state index contributed by atoms with van der Waals surface area (Å²) in [6.45, 7) is 3.73. The van der Waals surface area contributed by atoms with Gasteiger partial charge in [-0.15, -0.1) is 0 Å². The highest BCUT2D eigenvalue weighted by atomic mass is 35.5. The zero-order valence-corrected chi connectivity index (χ0v) is 11.7. The number of rotatable bonds is 6. The topological polar surface area (TPSA) is 37.0 Å². The lowest BCUT2D eigenvalue weighted by Gasteiger charge is -2.09. The highest BCUT2D eigenvalue weighted by Crippen LogP contribution is 2.17. The molecule has 2 rings (SSSR count).